The Morgan fingerprint density at radius 3 is 2.66 bits per heavy atom. The van der Waals surface area contributed by atoms with E-state index in [9.17, 15) is 13.2 Å². The molecule has 1 fully saturated rings. The molecule has 156 valence electrons. The Bertz CT molecular complexity index is 960. The molecule has 0 spiro atoms. The molecule has 0 saturated carbocycles. The van der Waals surface area contributed by atoms with Crippen LogP contribution in [0.4, 0.5) is 17.2 Å². The van der Waals surface area contributed by atoms with Crippen LogP contribution in [0.3, 0.4) is 0 Å². The molecule has 1 aliphatic rings. The lowest BCUT2D eigenvalue weighted by atomic mass is 9.98. The second-order valence-electron chi connectivity index (χ2n) is 7.02. The Morgan fingerprint density at radius 1 is 1.24 bits per heavy atom. The van der Waals surface area contributed by atoms with E-state index >= 15 is 0 Å². The quantitative estimate of drug-likeness (QED) is 0.530. The molecule has 2 heterocycles. The van der Waals surface area contributed by atoms with E-state index < -0.39 is 15.9 Å². The molecule has 2 aromatic rings. The summed E-state index contributed by atoms with van der Waals surface area (Å²) in [5, 5.41) is 9.85. The molecule has 4 N–H and O–H groups in total. The van der Waals surface area contributed by atoms with Crippen LogP contribution in [0.25, 0.3) is 0 Å². The van der Waals surface area contributed by atoms with Crippen molar-refractivity contribution in [3.8, 4) is 0 Å². The summed E-state index contributed by atoms with van der Waals surface area (Å²) >= 11 is 5.83. The third-order valence-corrected chi connectivity index (χ3v) is 5.41. The number of amides is 1. The first-order valence-electron chi connectivity index (χ1n) is 9.29. The SMILES string of the molecule is CS(=O)(=O)Nc1ccc(NCC2CCNCC2)c(C(=O)Nc2ccc(Cl)cn2)c1. The van der Waals surface area contributed by atoms with E-state index in [1.165, 1.54) is 12.3 Å². The summed E-state index contributed by atoms with van der Waals surface area (Å²) in [6, 6.07) is 8.07. The van der Waals surface area contributed by atoms with Crippen LogP contribution in [0.5, 0.6) is 0 Å². The van der Waals surface area contributed by atoms with Gasteiger partial charge >= 0.3 is 0 Å². The number of carbonyl (C=O) groups excluding carboxylic acids is 1. The van der Waals surface area contributed by atoms with Gasteiger partial charge in [-0.15, -0.1) is 0 Å². The second kappa shape index (κ2) is 9.43. The smallest absolute Gasteiger partial charge is 0.258 e. The van der Waals surface area contributed by atoms with Crippen molar-refractivity contribution in [2.75, 3.05) is 41.2 Å². The Labute approximate surface area is 175 Å². The van der Waals surface area contributed by atoms with E-state index in [-0.39, 0.29) is 0 Å². The van der Waals surface area contributed by atoms with Gasteiger partial charge in [-0.2, -0.15) is 0 Å². The van der Waals surface area contributed by atoms with E-state index in [2.05, 4.69) is 25.7 Å². The van der Waals surface area contributed by atoms with Gasteiger partial charge in [0.1, 0.15) is 5.82 Å². The first-order valence-corrected chi connectivity index (χ1v) is 11.6. The van der Waals surface area contributed by atoms with Crippen LogP contribution in [0.2, 0.25) is 5.02 Å². The number of nitrogens with one attached hydrogen (secondary N) is 4. The van der Waals surface area contributed by atoms with Crippen LogP contribution >= 0.6 is 11.6 Å². The van der Waals surface area contributed by atoms with E-state index in [4.69, 9.17) is 11.6 Å². The van der Waals surface area contributed by atoms with Crippen molar-refractivity contribution in [3.05, 3.63) is 47.1 Å². The number of aromatic nitrogens is 1. The number of anilines is 3. The first-order chi connectivity index (χ1) is 13.8. The van der Waals surface area contributed by atoms with Gasteiger partial charge < -0.3 is 16.0 Å². The molecule has 1 aromatic heterocycles. The Morgan fingerprint density at radius 2 is 2.00 bits per heavy atom. The molecule has 29 heavy (non-hydrogen) atoms. The van der Waals surface area contributed by atoms with E-state index in [1.807, 2.05) is 0 Å². The molecule has 0 atom stereocenters. The molecule has 0 radical (unpaired) electrons. The monoisotopic (exact) mass is 437 g/mol. The highest BCUT2D eigenvalue weighted by atomic mass is 35.5. The van der Waals surface area contributed by atoms with Gasteiger partial charge in [-0.3, -0.25) is 9.52 Å². The van der Waals surface area contributed by atoms with Crippen molar-refractivity contribution in [1.29, 1.82) is 0 Å². The molecule has 1 aliphatic heterocycles. The largest absolute Gasteiger partial charge is 0.384 e. The summed E-state index contributed by atoms with van der Waals surface area (Å²) in [4.78, 5) is 16.9. The van der Waals surface area contributed by atoms with Crippen molar-refractivity contribution >= 4 is 44.7 Å². The molecule has 3 rings (SSSR count). The zero-order valence-corrected chi connectivity index (χ0v) is 17.6. The zero-order valence-electron chi connectivity index (χ0n) is 16.0. The number of sulfonamides is 1. The lowest BCUT2D eigenvalue weighted by Gasteiger charge is -2.24. The molecule has 8 nitrogen and oxygen atoms in total. The molecule has 0 bridgehead atoms. The van der Waals surface area contributed by atoms with Crippen LogP contribution in [0, 0.1) is 5.92 Å². The van der Waals surface area contributed by atoms with Crippen LogP contribution in [-0.2, 0) is 10.0 Å². The molecule has 0 aliphatic carbocycles. The molecular formula is C19H24ClN5O3S. The van der Waals surface area contributed by atoms with Crippen molar-refractivity contribution in [2.45, 2.75) is 12.8 Å². The fourth-order valence-corrected chi connectivity index (χ4v) is 3.80. The topological polar surface area (TPSA) is 112 Å². The first kappa shape index (κ1) is 21.4. The van der Waals surface area contributed by atoms with Crippen molar-refractivity contribution in [3.63, 3.8) is 0 Å². The average Bonchev–Trinajstić information content (AvgIpc) is 2.68. The maximum atomic E-state index is 12.9. The summed E-state index contributed by atoms with van der Waals surface area (Å²) < 4.78 is 25.5. The number of hydrogen-bond acceptors (Lipinski definition) is 6. The van der Waals surface area contributed by atoms with Crippen LogP contribution in [0.15, 0.2) is 36.5 Å². The van der Waals surface area contributed by atoms with Gasteiger partial charge in [0, 0.05) is 24.1 Å². The molecule has 1 amide bonds. The number of carbonyl (C=O) groups is 1. The highest BCUT2D eigenvalue weighted by Gasteiger charge is 2.17. The minimum absolute atomic E-state index is 0.314. The summed E-state index contributed by atoms with van der Waals surface area (Å²) in [5.74, 6) is 0.467. The van der Waals surface area contributed by atoms with E-state index in [0.717, 1.165) is 38.7 Å². The normalized spacial score (nSPS) is 15.0. The lowest BCUT2D eigenvalue weighted by Crippen LogP contribution is -2.31. The maximum Gasteiger partial charge on any atom is 0.258 e. The zero-order chi connectivity index (χ0) is 20.9. The third kappa shape index (κ3) is 6.59. The predicted molar refractivity (Wildman–Crippen MR) is 116 cm³/mol. The maximum absolute atomic E-state index is 12.9. The molecule has 10 heteroatoms. The van der Waals surface area contributed by atoms with Crippen molar-refractivity contribution < 1.29 is 13.2 Å². The van der Waals surface area contributed by atoms with Crippen molar-refractivity contribution in [1.82, 2.24) is 10.3 Å². The summed E-state index contributed by atoms with van der Waals surface area (Å²) in [5.41, 5.74) is 1.27. The fraction of sp³-hybridized carbons (Fsp3) is 0.368. The molecule has 0 unspecified atom stereocenters. The molecule has 1 saturated heterocycles. The van der Waals surface area contributed by atoms with Gasteiger partial charge in [-0.25, -0.2) is 13.4 Å². The van der Waals surface area contributed by atoms with Gasteiger partial charge in [0.05, 0.1) is 16.8 Å². The van der Waals surface area contributed by atoms with Crippen LogP contribution in [0.1, 0.15) is 23.2 Å². The number of hydrogen-bond donors (Lipinski definition) is 4. The summed E-state index contributed by atoms with van der Waals surface area (Å²) in [6.45, 7) is 2.71. The third-order valence-electron chi connectivity index (χ3n) is 4.58. The van der Waals surface area contributed by atoms with Gasteiger partial charge in [-0.1, -0.05) is 11.6 Å². The predicted octanol–water partition coefficient (Wildman–Crippen LogP) is 2.77. The Kier molecular flexibility index (Phi) is 6.94. The van der Waals surface area contributed by atoms with Crippen molar-refractivity contribution in [2.24, 2.45) is 5.92 Å². The van der Waals surface area contributed by atoms with Gasteiger partial charge in [0.25, 0.3) is 5.91 Å². The van der Waals surface area contributed by atoms with Crippen LogP contribution < -0.4 is 20.7 Å². The average molecular weight is 438 g/mol. The standard InChI is InChI=1S/C19H24ClN5O3S/c1-29(27,28)25-15-3-4-17(22-11-13-6-8-21-9-7-13)16(10-15)19(26)24-18-5-2-14(20)12-23-18/h2-5,10,12-13,21-22,25H,6-9,11H2,1H3,(H,23,24,26). The number of benzene rings is 1. The minimum atomic E-state index is -3.46. The Hall–Kier alpha value is -2.36. The second-order valence-corrected chi connectivity index (χ2v) is 9.21. The van der Waals surface area contributed by atoms with Crippen LogP contribution in [-0.4, -0.2) is 45.2 Å². The summed E-state index contributed by atoms with van der Waals surface area (Å²) in [7, 11) is -3.46. The van der Waals surface area contributed by atoms with Gasteiger partial charge in [-0.05, 0) is 62.2 Å². The number of rotatable bonds is 7. The van der Waals surface area contributed by atoms with E-state index in [1.54, 1.807) is 24.3 Å². The highest BCUT2D eigenvalue weighted by Crippen LogP contribution is 2.24. The Balaban J connectivity index is 1.81. The number of pyridine rings is 1. The van der Waals surface area contributed by atoms with Gasteiger partial charge in [0.15, 0.2) is 0 Å². The molecule has 1 aromatic carbocycles. The number of halogens is 1. The molecular weight excluding hydrogens is 414 g/mol. The lowest BCUT2D eigenvalue weighted by molar-refractivity contribution is 0.102. The number of nitrogens with zero attached hydrogens (tertiary/aromatic N) is 1. The van der Waals surface area contributed by atoms with E-state index in [0.29, 0.717) is 33.7 Å². The number of piperidine rings is 1. The summed E-state index contributed by atoms with van der Waals surface area (Å²) in [6.07, 6.45) is 4.64. The van der Waals surface area contributed by atoms with Gasteiger partial charge in [0.2, 0.25) is 10.0 Å². The fourth-order valence-electron chi connectivity index (χ4n) is 3.14. The minimum Gasteiger partial charge on any atom is -0.384 e. The highest BCUT2D eigenvalue weighted by molar-refractivity contribution is 7.92.